The second-order valence-electron chi connectivity index (χ2n) is 9.35. The van der Waals surface area contributed by atoms with Crippen molar-refractivity contribution in [2.24, 2.45) is 5.92 Å². The number of fused-ring (bicyclic) bond motifs is 1. The minimum Gasteiger partial charge on any atom is -0.484 e. The first-order valence-corrected chi connectivity index (χ1v) is 12.6. The Bertz CT molecular complexity index is 1280. The van der Waals surface area contributed by atoms with E-state index in [-0.39, 0.29) is 35.2 Å². The number of hydrogen-bond acceptors (Lipinski definition) is 5. The molecule has 0 N–H and O–H groups in total. The number of nitrogens with zero attached hydrogens (tertiary/aromatic N) is 2. The number of rotatable bonds is 6. The standard InChI is InChI=1S/C23H23F5N2O4S/c1-13(21(2,24)25)34-19-5-4-17(35(3,32)33)7-18(19)20(31)30-11-16-8-22(16,12-30)14-6-15(10-29-9-14)23(26,27)28/h4-7,9-10,13,16H,8,11-12H2,1-3H3/t13-,16?,22?/m0/s1. The molecule has 2 aromatic rings. The Labute approximate surface area is 199 Å². The maximum Gasteiger partial charge on any atom is 0.417 e. The molecule has 2 aliphatic rings. The summed E-state index contributed by atoms with van der Waals surface area (Å²) in [5, 5.41) is 0. The summed E-state index contributed by atoms with van der Waals surface area (Å²) in [5.41, 5.74) is -1.41. The quantitative estimate of drug-likeness (QED) is 0.532. The number of carbonyl (C=O) groups is 1. The average Bonchev–Trinajstić information content (AvgIpc) is 3.32. The summed E-state index contributed by atoms with van der Waals surface area (Å²) in [6.07, 6.45) is -2.55. The van der Waals surface area contributed by atoms with Crippen LogP contribution in [0.3, 0.4) is 0 Å². The van der Waals surface area contributed by atoms with Crippen LogP contribution >= 0.6 is 0 Å². The lowest BCUT2D eigenvalue weighted by Gasteiger charge is -2.25. The van der Waals surface area contributed by atoms with E-state index in [0.717, 1.165) is 37.6 Å². The number of alkyl halides is 5. The fourth-order valence-electron chi connectivity index (χ4n) is 4.43. The maximum absolute atomic E-state index is 13.7. The second-order valence-corrected chi connectivity index (χ2v) is 11.4. The molecule has 35 heavy (non-hydrogen) atoms. The minimum atomic E-state index is -4.56. The molecule has 1 aliphatic carbocycles. The van der Waals surface area contributed by atoms with Crippen LogP contribution in [-0.4, -0.2) is 55.6 Å². The number of aromatic nitrogens is 1. The van der Waals surface area contributed by atoms with Gasteiger partial charge in [0.1, 0.15) is 5.75 Å². The molecule has 2 fully saturated rings. The topological polar surface area (TPSA) is 76.6 Å². The van der Waals surface area contributed by atoms with Gasteiger partial charge >= 0.3 is 6.18 Å². The van der Waals surface area contributed by atoms with Crippen LogP contribution in [0.5, 0.6) is 5.75 Å². The van der Waals surface area contributed by atoms with Crippen molar-refractivity contribution in [3.8, 4) is 5.75 Å². The zero-order valence-electron chi connectivity index (χ0n) is 19.1. The summed E-state index contributed by atoms with van der Waals surface area (Å²) in [4.78, 5) is 18.3. The van der Waals surface area contributed by atoms with Crippen LogP contribution in [0.25, 0.3) is 0 Å². The van der Waals surface area contributed by atoms with Crippen LogP contribution in [0.15, 0.2) is 41.6 Å². The van der Waals surface area contributed by atoms with Gasteiger partial charge in [-0.2, -0.15) is 13.2 Å². The summed E-state index contributed by atoms with van der Waals surface area (Å²) in [5.74, 6) is -4.18. The van der Waals surface area contributed by atoms with Gasteiger partial charge in [0.05, 0.1) is 16.0 Å². The van der Waals surface area contributed by atoms with E-state index in [9.17, 15) is 35.2 Å². The van der Waals surface area contributed by atoms with E-state index < -0.39 is 44.9 Å². The Morgan fingerprint density at radius 1 is 1.20 bits per heavy atom. The number of pyridine rings is 1. The first-order chi connectivity index (χ1) is 16.0. The van der Waals surface area contributed by atoms with Crippen molar-refractivity contribution in [1.82, 2.24) is 9.88 Å². The van der Waals surface area contributed by atoms with Crippen molar-refractivity contribution >= 4 is 15.7 Å². The molecule has 1 aliphatic heterocycles. The van der Waals surface area contributed by atoms with Gasteiger partial charge in [0.2, 0.25) is 0 Å². The third-order valence-electron chi connectivity index (χ3n) is 6.70. The number of halogens is 5. The van der Waals surface area contributed by atoms with Crippen molar-refractivity contribution in [2.75, 3.05) is 19.3 Å². The van der Waals surface area contributed by atoms with Crippen LogP contribution in [0.2, 0.25) is 0 Å². The Morgan fingerprint density at radius 3 is 2.49 bits per heavy atom. The van der Waals surface area contributed by atoms with Crippen LogP contribution in [-0.2, 0) is 21.4 Å². The van der Waals surface area contributed by atoms with Gasteiger partial charge in [-0.3, -0.25) is 9.78 Å². The molecule has 1 amide bonds. The lowest BCUT2D eigenvalue weighted by atomic mass is 9.95. The van der Waals surface area contributed by atoms with Crippen molar-refractivity contribution in [2.45, 2.75) is 48.8 Å². The fourth-order valence-corrected chi connectivity index (χ4v) is 5.07. The molecule has 2 unspecified atom stereocenters. The summed E-state index contributed by atoms with van der Waals surface area (Å²) < 4.78 is 96.3. The number of hydrogen-bond donors (Lipinski definition) is 0. The Morgan fingerprint density at radius 2 is 1.89 bits per heavy atom. The molecule has 0 radical (unpaired) electrons. The van der Waals surface area contributed by atoms with Gasteiger partial charge in [0.15, 0.2) is 15.9 Å². The highest BCUT2D eigenvalue weighted by Crippen LogP contribution is 2.59. The molecule has 1 aromatic heterocycles. The summed E-state index contributed by atoms with van der Waals surface area (Å²) in [6, 6.07) is 4.44. The van der Waals surface area contributed by atoms with E-state index in [1.807, 2.05) is 0 Å². The first kappa shape index (κ1) is 25.3. The Hall–Kier alpha value is -2.76. The highest BCUT2D eigenvalue weighted by atomic mass is 32.2. The van der Waals surface area contributed by atoms with Crippen LogP contribution in [0.4, 0.5) is 22.0 Å². The molecule has 12 heteroatoms. The Kier molecular flexibility index (Phi) is 5.89. The monoisotopic (exact) mass is 518 g/mol. The number of carbonyl (C=O) groups excluding carboxylic acids is 1. The third kappa shape index (κ3) is 4.85. The van der Waals surface area contributed by atoms with Gasteiger partial charge < -0.3 is 9.64 Å². The molecule has 3 atom stereocenters. The molecule has 6 nitrogen and oxygen atoms in total. The Balaban J connectivity index is 1.65. The van der Waals surface area contributed by atoms with Crippen molar-refractivity contribution < 1.29 is 39.9 Å². The highest BCUT2D eigenvalue weighted by Gasteiger charge is 2.62. The molecular formula is C23H23F5N2O4S. The normalized spacial score (nSPS) is 23.1. The summed E-state index contributed by atoms with van der Waals surface area (Å²) >= 11 is 0. The lowest BCUT2D eigenvalue weighted by Crippen LogP contribution is -2.35. The average molecular weight is 519 g/mol. The SMILES string of the molecule is C[C@H](Oc1ccc(S(C)(=O)=O)cc1C(=O)N1CC2CC2(c2cncc(C(F)(F)F)c2)C1)C(C)(F)F. The number of ether oxygens (including phenoxy) is 1. The van der Waals surface area contributed by atoms with E-state index >= 15 is 0 Å². The number of piperidine rings is 1. The number of sulfone groups is 1. The molecule has 2 heterocycles. The predicted octanol–water partition coefficient (Wildman–Crippen LogP) is 4.34. The fraction of sp³-hybridized carbons (Fsp3) is 0.478. The molecule has 4 rings (SSSR count). The van der Waals surface area contributed by atoms with Gasteiger partial charge in [-0.05, 0) is 49.1 Å². The minimum absolute atomic E-state index is 0.0848. The van der Waals surface area contributed by atoms with Crippen LogP contribution in [0, 0.1) is 5.92 Å². The van der Waals surface area contributed by atoms with Gasteiger partial charge in [0.25, 0.3) is 11.8 Å². The smallest absolute Gasteiger partial charge is 0.417 e. The van der Waals surface area contributed by atoms with Crippen LogP contribution < -0.4 is 4.74 Å². The van der Waals surface area contributed by atoms with E-state index in [1.54, 1.807) is 0 Å². The van der Waals surface area contributed by atoms with Gasteiger partial charge in [0, 0.05) is 44.1 Å². The number of likely N-dealkylation sites (tertiary alicyclic amines) is 1. The van der Waals surface area contributed by atoms with Crippen molar-refractivity contribution in [1.29, 1.82) is 0 Å². The van der Waals surface area contributed by atoms with Gasteiger partial charge in [-0.1, -0.05) is 0 Å². The molecular weight excluding hydrogens is 495 g/mol. The molecule has 1 saturated heterocycles. The lowest BCUT2D eigenvalue weighted by molar-refractivity contribution is -0.137. The molecule has 190 valence electrons. The zero-order chi connectivity index (χ0) is 26.0. The summed E-state index contributed by atoms with van der Waals surface area (Å²) in [7, 11) is -3.72. The van der Waals surface area contributed by atoms with Crippen LogP contribution in [0.1, 0.15) is 41.8 Å². The van der Waals surface area contributed by atoms with Gasteiger partial charge in [-0.25, -0.2) is 17.2 Å². The number of benzene rings is 1. The largest absolute Gasteiger partial charge is 0.484 e. The molecule has 0 spiro atoms. The molecule has 0 bridgehead atoms. The zero-order valence-corrected chi connectivity index (χ0v) is 19.9. The first-order valence-electron chi connectivity index (χ1n) is 10.7. The third-order valence-corrected chi connectivity index (χ3v) is 7.81. The second kappa shape index (κ2) is 8.14. The van der Waals surface area contributed by atoms with Gasteiger partial charge in [-0.15, -0.1) is 0 Å². The van der Waals surface area contributed by atoms with E-state index in [0.29, 0.717) is 18.9 Å². The molecule has 1 saturated carbocycles. The highest BCUT2D eigenvalue weighted by molar-refractivity contribution is 7.90. The predicted molar refractivity (Wildman–Crippen MR) is 115 cm³/mol. The maximum atomic E-state index is 13.7. The summed E-state index contributed by atoms with van der Waals surface area (Å²) in [6.45, 7) is 2.09. The van der Waals surface area contributed by atoms with E-state index in [1.165, 1.54) is 17.2 Å². The van der Waals surface area contributed by atoms with E-state index in [4.69, 9.17) is 4.74 Å². The number of amides is 1. The van der Waals surface area contributed by atoms with Crippen molar-refractivity contribution in [3.05, 3.63) is 53.3 Å². The van der Waals surface area contributed by atoms with Crippen molar-refractivity contribution in [3.63, 3.8) is 0 Å². The molecule has 1 aromatic carbocycles. The van der Waals surface area contributed by atoms with E-state index in [2.05, 4.69) is 4.98 Å².